The van der Waals surface area contributed by atoms with Crippen LogP contribution in [0.3, 0.4) is 0 Å². The summed E-state index contributed by atoms with van der Waals surface area (Å²) >= 11 is 3.31. The van der Waals surface area contributed by atoms with E-state index in [0.717, 1.165) is 5.56 Å². The van der Waals surface area contributed by atoms with Gasteiger partial charge in [0.05, 0.1) is 24.1 Å². The minimum absolute atomic E-state index is 0.0247. The summed E-state index contributed by atoms with van der Waals surface area (Å²) in [6, 6.07) is 3.51. The molecule has 0 aliphatic heterocycles. The van der Waals surface area contributed by atoms with E-state index in [-0.39, 0.29) is 11.8 Å². The fourth-order valence-corrected chi connectivity index (χ4v) is 2.39. The molecule has 21 heavy (non-hydrogen) atoms. The Bertz CT molecular complexity index is 464. The first-order valence-electron chi connectivity index (χ1n) is 6.63. The Balaban J connectivity index is 2.90. The van der Waals surface area contributed by atoms with Crippen LogP contribution in [0.15, 0.2) is 16.6 Å². The van der Waals surface area contributed by atoms with Gasteiger partial charge in [0.25, 0.3) is 0 Å². The van der Waals surface area contributed by atoms with Crippen LogP contribution < -0.4 is 15.2 Å². The number of halogens is 4. The molecule has 2 N–H and O–H groups in total. The second-order valence-electron chi connectivity index (χ2n) is 4.73. The van der Waals surface area contributed by atoms with Crippen LogP contribution in [0, 0.1) is 0 Å². The highest BCUT2D eigenvalue weighted by atomic mass is 79.9. The molecule has 0 fully saturated rings. The molecule has 0 amide bonds. The van der Waals surface area contributed by atoms with E-state index in [9.17, 15) is 13.2 Å². The molecule has 1 aromatic rings. The Kier molecular flexibility index (Phi) is 6.80. The van der Waals surface area contributed by atoms with Crippen molar-refractivity contribution in [2.75, 3.05) is 13.2 Å². The van der Waals surface area contributed by atoms with Crippen molar-refractivity contribution in [3.05, 3.63) is 22.2 Å². The van der Waals surface area contributed by atoms with Gasteiger partial charge in [-0.3, -0.25) is 0 Å². The number of hydrogen-bond acceptors (Lipinski definition) is 3. The fraction of sp³-hybridized carbons (Fsp3) is 0.571. The zero-order valence-electron chi connectivity index (χ0n) is 12.0. The van der Waals surface area contributed by atoms with Crippen LogP contribution in [0.4, 0.5) is 13.2 Å². The third-order valence-corrected chi connectivity index (χ3v) is 3.15. The molecule has 1 atom stereocenters. The molecule has 0 aromatic heterocycles. The average Bonchev–Trinajstić information content (AvgIpc) is 2.30. The summed E-state index contributed by atoms with van der Waals surface area (Å²) in [4.78, 5) is 0. The fourth-order valence-electron chi connectivity index (χ4n) is 1.78. The zero-order valence-corrected chi connectivity index (χ0v) is 13.6. The van der Waals surface area contributed by atoms with Crippen molar-refractivity contribution in [3.8, 4) is 11.5 Å². The molecular weight excluding hydrogens is 351 g/mol. The highest BCUT2D eigenvalue weighted by Gasteiger charge is 2.27. The average molecular weight is 370 g/mol. The van der Waals surface area contributed by atoms with Crippen molar-refractivity contribution in [1.29, 1.82) is 0 Å². The standard InChI is InChI=1S/C14H19BrF3NO2/c1-3-20-12-8-10(6-9(2)19)7-11(15)13(12)21-5-4-14(16,17)18/h7-9H,3-6,19H2,1-2H3. The van der Waals surface area contributed by atoms with Gasteiger partial charge in [0.2, 0.25) is 0 Å². The van der Waals surface area contributed by atoms with Gasteiger partial charge in [-0.25, -0.2) is 0 Å². The topological polar surface area (TPSA) is 44.5 Å². The molecule has 1 rings (SSSR count). The summed E-state index contributed by atoms with van der Waals surface area (Å²) in [5, 5.41) is 0. The molecule has 0 radical (unpaired) electrons. The molecule has 0 aliphatic carbocycles. The smallest absolute Gasteiger partial charge is 0.392 e. The number of rotatable bonds is 7. The lowest BCUT2D eigenvalue weighted by Gasteiger charge is -2.16. The minimum Gasteiger partial charge on any atom is -0.490 e. The van der Waals surface area contributed by atoms with Crippen LogP contribution in [0.1, 0.15) is 25.8 Å². The molecule has 7 heteroatoms. The van der Waals surface area contributed by atoms with Gasteiger partial charge in [-0.05, 0) is 53.9 Å². The lowest BCUT2D eigenvalue weighted by atomic mass is 10.1. The van der Waals surface area contributed by atoms with Crippen molar-refractivity contribution in [3.63, 3.8) is 0 Å². The van der Waals surface area contributed by atoms with Gasteiger partial charge in [-0.1, -0.05) is 0 Å². The number of ether oxygens (including phenoxy) is 2. The zero-order chi connectivity index (χ0) is 16.0. The van der Waals surface area contributed by atoms with E-state index >= 15 is 0 Å². The number of nitrogens with two attached hydrogens (primary N) is 1. The number of alkyl halides is 3. The normalized spacial score (nSPS) is 13.1. The molecule has 0 heterocycles. The molecule has 0 bridgehead atoms. The lowest BCUT2D eigenvalue weighted by molar-refractivity contribution is -0.139. The van der Waals surface area contributed by atoms with E-state index in [1.165, 1.54) is 0 Å². The molecule has 3 nitrogen and oxygen atoms in total. The predicted molar refractivity (Wildman–Crippen MR) is 78.8 cm³/mol. The van der Waals surface area contributed by atoms with Gasteiger partial charge in [-0.15, -0.1) is 0 Å². The van der Waals surface area contributed by atoms with Crippen LogP contribution in [0.25, 0.3) is 0 Å². The van der Waals surface area contributed by atoms with Crippen molar-refractivity contribution < 1.29 is 22.6 Å². The Morgan fingerprint density at radius 3 is 2.48 bits per heavy atom. The Hall–Kier alpha value is -0.950. The SMILES string of the molecule is CCOc1cc(CC(C)N)cc(Br)c1OCCC(F)(F)F. The second kappa shape index (κ2) is 7.89. The van der Waals surface area contributed by atoms with Gasteiger partial charge >= 0.3 is 6.18 Å². The Morgan fingerprint density at radius 1 is 1.29 bits per heavy atom. The monoisotopic (exact) mass is 369 g/mol. The highest BCUT2D eigenvalue weighted by molar-refractivity contribution is 9.10. The van der Waals surface area contributed by atoms with E-state index in [2.05, 4.69) is 15.9 Å². The first kappa shape index (κ1) is 18.1. The van der Waals surface area contributed by atoms with Crippen LogP contribution in [0.5, 0.6) is 11.5 Å². The second-order valence-corrected chi connectivity index (χ2v) is 5.59. The molecule has 0 spiro atoms. The Labute approximate surface area is 130 Å². The molecule has 0 saturated heterocycles. The van der Waals surface area contributed by atoms with Gasteiger partial charge < -0.3 is 15.2 Å². The van der Waals surface area contributed by atoms with Crippen molar-refractivity contribution in [2.45, 2.75) is 38.9 Å². The molecule has 0 aliphatic rings. The first-order chi connectivity index (χ1) is 9.73. The predicted octanol–water partition coefficient (Wildman–Crippen LogP) is 4.07. The van der Waals surface area contributed by atoms with E-state index in [4.69, 9.17) is 15.2 Å². The number of hydrogen-bond donors (Lipinski definition) is 1. The van der Waals surface area contributed by atoms with Gasteiger partial charge in [0, 0.05) is 6.04 Å². The van der Waals surface area contributed by atoms with Crippen molar-refractivity contribution >= 4 is 15.9 Å². The van der Waals surface area contributed by atoms with E-state index < -0.39 is 19.2 Å². The summed E-state index contributed by atoms with van der Waals surface area (Å²) in [6.07, 6.45) is -4.61. The molecule has 1 unspecified atom stereocenters. The quantitative estimate of drug-likeness (QED) is 0.787. The maximum Gasteiger partial charge on any atom is 0.392 e. The molecule has 1 aromatic carbocycles. The van der Waals surface area contributed by atoms with Gasteiger partial charge in [0.15, 0.2) is 11.5 Å². The lowest BCUT2D eigenvalue weighted by Crippen LogP contribution is -2.18. The van der Waals surface area contributed by atoms with Crippen LogP contribution in [-0.4, -0.2) is 25.4 Å². The van der Waals surface area contributed by atoms with E-state index in [1.54, 1.807) is 19.1 Å². The maximum atomic E-state index is 12.2. The van der Waals surface area contributed by atoms with E-state index in [1.807, 2.05) is 6.92 Å². The highest BCUT2D eigenvalue weighted by Crippen LogP contribution is 2.37. The largest absolute Gasteiger partial charge is 0.490 e. The molecule has 0 saturated carbocycles. The summed E-state index contributed by atoms with van der Waals surface area (Å²) in [5.74, 6) is 0.708. The van der Waals surface area contributed by atoms with Crippen molar-refractivity contribution in [1.82, 2.24) is 0 Å². The number of benzene rings is 1. The summed E-state index contributed by atoms with van der Waals surface area (Å²) in [5.41, 5.74) is 6.69. The summed E-state index contributed by atoms with van der Waals surface area (Å²) in [7, 11) is 0. The van der Waals surface area contributed by atoms with Gasteiger partial charge in [0.1, 0.15) is 0 Å². The third kappa shape index (κ3) is 6.56. The maximum absolute atomic E-state index is 12.2. The van der Waals surface area contributed by atoms with E-state index in [0.29, 0.717) is 23.2 Å². The van der Waals surface area contributed by atoms with Crippen molar-refractivity contribution in [2.24, 2.45) is 5.73 Å². The summed E-state index contributed by atoms with van der Waals surface area (Å²) < 4.78 is 47.8. The molecule has 120 valence electrons. The van der Waals surface area contributed by atoms with Gasteiger partial charge in [-0.2, -0.15) is 13.2 Å². The first-order valence-corrected chi connectivity index (χ1v) is 7.42. The molecular formula is C14H19BrF3NO2. The third-order valence-electron chi connectivity index (χ3n) is 2.56. The van der Waals surface area contributed by atoms with Crippen LogP contribution in [0.2, 0.25) is 0 Å². The summed E-state index contributed by atoms with van der Waals surface area (Å²) in [6.45, 7) is 3.62. The van der Waals surface area contributed by atoms with Crippen LogP contribution >= 0.6 is 15.9 Å². The van der Waals surface area contributed by atoms with Crippen LogP contribution in [-0.2, 0) is 6.42 Å². The Morgan fingerprint density at radius 2 is 1.95 bits per heavy atom. The minimum atomic E-state index is -4.24.